The van der Waals surface area contributed by atoms with Crippen molar-refractivity contribution in [3.63, 3.8) is 0 Å². The van der Waals surface area contributed by atoms with Crippen molar-refractivity contribution in [2.75, 3.05) is 19.8 Å². The second kappa shape index (κ2) is 7.27. The van der Waals surface area contributed by atoms with E-state index in [9.17, 15) is 0 Å². The Balaban J connectivity index is 2.18. The molecular formula is C15H22BrNO2. The molecule has 1 aromatic rings. The van der Waals surface area contributed by atoms with E-state index < -0.39 is 0 Å². The lowest BCUT2D eigenvalue weighted by atomic mass is 9.99. The van der Waals surface area contributed by atoms with Crippen LogP contribution in [0.2, 0.25) is 0 Å². The number of benzene rings is 1. The first-order valence-corrected chi connectivity index (χ1v) is 7.82. The molecule has 1 saturated heterocycles. The monoisotopic (exact) mass is 327 g/mol. The van der Waals surface area contributed by atoms with Gasteiger partial charge in [-0.15, -0.1) is 0 Å². The molecule has 0 amide bonds. The van der Waals surface area contributed by atoms with Crippen molar-refractivity contribution in [1.82, 2.24) is 5.32 Å². The van der Waals surface area contributed by atoms with Crippen molar-refractivity contribution < 1.29 is 9.47 Å². The third kappa shape index (κ3) is 3.71. The lowest BCUT2D eigenvalue weighted by Crippen LogP contribution is -2.31. The van der Waals surface area contributed by atoms with Gasteiger partial charge in [0.25, 0.3) is 0 Å². The summed E-state index contributed by atoms with van der Waals surface area (Å²) < 4.78 is 12.4. The minimum atomic E-state index is 0.263. The molecule has 1 aromatic carbocycles. The van der Waals surface area contributed by atoms with Crippen LogP contribution in [0.3, 0.4) is 0 Å². The van der Waals surface area contributed by atoms with Crippen molar-refractivity contribution in [3.8, 4) is 5.75 Å². The minimum absolute atomic E-state index is 0.263. The first kappa shape index (κ1) is 14.8. The number of halogens is 1. The first-order chi connectivity index (χ1) is 9.26. The maximum atomic E-state index is 5.83. The fourth-order valence-corrected chi connectivity index (χ4v) is 3.04. The van der Waals surface area contributed by atoms with Crippen LogP contribution < -0.4 is 10.1 Å². The van der Waals surface area contributed by atoms with Gasteiger partial charge in [0.2, 0.25) is 0 Å². The molecule has 2 unspecified atom stereocenters. The smallest absolute Gasteiger partial charge is 0.133 e. The highest BCUT2D eigenvalue weighted by atomic mass is 79.9. The lowest BCUT2D eigenvalue weighted by molar-refractivity contribution is 0.0788. The molecule has 106 valence electrons. The Kier molecular flexibility index (Phi) is 5.67. The zero-order valence-electron chi connectivity index (χ0n) is 11.6. The molecule has 0 bridgehead atoms. The molecule has 19 heavy (non-hydrogen) atoms. The SMILES string of the molecule is CCNC(c1ccc(OCC)c(Br)c1)C1CCCO1. The molecule has 0 aromatic heterocycles. The van der Waals surface area contributed by atoms with E-state index in [1.165, 1.54) is 5.56 Å². The van der Waals surface area contributed by atoms with Crippen LogP contribution in [-0.4, -0.2) is 25.9 Å². The summed E-state index contributed by atoms with van der Waals surface area (Å²) in [7, 11) is 0. The molecule has 1 N–H and O–H groups in total. The van der Waals surface area contributed by atoms with E-state index in [1.807, 2.05) is 13.0 Å². The summed E-state index contributed by atoms with van der Waals surface area (Å²) >= 11 is 3.58. The highest BCUT2D eigenvalue weighted by molar-refractivity contribution is 9.10. The lowest BCUT2D eigenvalue weighted by Gasteiger charge is -2.24. The Bertz CT molecular complexity index is 405. The van der Waals surface area contributed by atoms with Gasteiger partial charge in [0.1, 0.15) is 5.75 Å². The van der Waals surface area contributed by atoms with Crippen LogP contribution in [0.5, 0.6) is 5.75 Å². The highest BCUT2D eigenvalue weighted by Gasteiger charge is 2.27. The zero-order valence-corrected chi connectivity index (χ0v) is 13.2. The maximum Gasteiger partial charge on any atom is 0.133 e. The van der Waals surface area contributed by atoms with Crippen LogP contribution >= 0.6 is 15.9 Å². The van der Waals surface area contributed by atoms with Gasteiger partial charge in [0.05, 0.1) is 23.2 Å². The topological polar surface area (TPSA) is 30.5 Å². The fraction of sp³-hybridized carbons (Fsp3) is 0.600. The van der Waals surface area contributed by atoms with Crippen molar-refractivity contribution in [1.29, 1.82) is 0 Å². The summed E-state index contributed by atoms with van der Waals surface area (Å²) in [6.45, 7) is 6.63. The number of nitrogens with one attached hydrogen (secondary N) is 1. The summed E-state index contributed by atoms with van der Waals surface area (Å²) in [6.07, 6.45) is 2.57. The third-order valence-corrected chi connectivity index (χ3v) is 4.00. The predicted octanol–water partition coefficient (Wildman–Crippen LogP) is 3.68. The normalized spacial score (nSPS) is 20.5. The Morgan fingerprint density at radius 2 is 2.32 bits per heavy atom. The number of ether oxygens (including phenoxy) is 2. The molecular weight excluding hydrogens is 306 g/mol. The number of hydrogen-bond acceptors (Lipinski definition) is 3. The summed E-state index contributed by atoms with van der Waals surface area (Å²) in [5.74, 6) is 0.897. The Labute approximate surface area is 123 Å². The van der Waals surface area contributed by atoms with Gasteiger partial charge in [0.15, 0.2) is 0 Å². The van der Waals surface area contributed by atoms with Crippen LogP contribution in [0.1, 0.15) is 38.3 Å². The molecule has 1 heterocycles. The second-order valence-electron chi connectivity index (χ2n) is 4.71. The van der Waals surface area contributed by atoms with Gasteiger partial charge in [-0.3, -0.25) is 0 Å². The molecule has 0 radical (unpaired) electrons. The van der Waals surface area contributed by atoms with Crippen LogP contribution in [0.15, 0.2) is 22.7 Å². The van der Waals surface area contributed by atoms with Crippen LogP contribution in [0.4, 0.5) is 0 Å². The molecule has 1 fully saturated rings. The van der Waals surface area contributed by atoms with E-state index in [2.05, 4.69) is 40.3 Å². The van der Waals surface area contributed by atoms with Crippen molar-refractivity contribution in [2.45, 2.75) is 38.8 Å². The standard InChI is InChI=1S/C15H22BrNO2/c1-3-17-15(14-6-5-9-19-14)11-7-8-13(18-4-2)12(16)10-11/h7-8,10,14-15,17H,3-6,9H2,1-2H3. The Hall–Kier alpha value is -0.580. The zero-order chi connectivity index (χ0) is 13.7. The highest BCUT2D eigenvalue weighted by Crippen LogP contribution is 2.32. The average molecular weight is 328 g/mol. The van der Waals surface area contributed by atoms with E-state index in [0.717, 1.165) is 36.2 Å². The average Bonchev–Trinajstić information content (AvgIpc) is 2.92. The minimum Gasteiger partial charge on any atom is -0.493 e. The molecule has 2 atom stereocenters. The van der Waals surface area contributed by atoms with Crippen LogP contribution in [0.25, 0.3) is 0 Å². The number of likely N-dealkylation sites (N-methyl/N-ethyl adjacent to an activating group) is 1. The van der Waals surface area contributed by atoms with Gasteiger partial charge in [-0.25, -0.2) is 0 Å². The van der Waals surface area contributed by atoms with E-state index >= 15 is 0 Å². The fourth-order valence-electron chi connectivity index (χ4n) is 2.53. The molecule has 4 heteroatoms. The van der Waals surface area contributed by atoms with Crippen LogP contribution in [-0.2, 0) is 4.74 Å². The van der Waals surface area contributed by atoms with E-state index in [1.54, 1.807) is 0 Å². The molecule has 0 aliphatic carbocycles. The van der Waals surface area contributed by atoms with Gasteiger partial charge in [-0.1, -0.05) is 13.0 Å². The summed E-state index contributed by atoms with van der Waals surface area (Å²) in [6, 6.07) is 6.56. The predicted molar refractivity (Wildman–Crippen MR) is 80.7 cm³/mol. The van der Waals surface area contributed by atoms with Gasteiger partial charge in [-0.2, -0.15) is 0 Å². The number of rotatable bonds is 6. The molecule has 3 nitrogen and oxygen atoms in total. The quantitative estimate of drug-likeness (QED) is 0.864. The summed E-state index contributed by atoms with van der Waals surface area (Å²) in [5, 5.41) is 3.53. The molecule has 0 saturated carbocycles. The van der Waals surface area contributed by atoms with Gasteiger partial charge >= 0.3 is 0 Å². The molecule has 1 aliphatic heterocycles. The van der Waals surface area contributed by atoms with Gasteiger partial charge < -0.3 is 14.8 Å². The maximum absolute atomic E-state index is 5.83. The largest absolute Gasteiger partial charge is 0.493 e. The van der Waals surface area contributed by atoms with Crippen LogP contribution in [0, 0.1) is 0 Å². The summed E-state index contributed by atoms with van der Waals surface area (Å²) in [5.41, 5.74) is 1.25. The molecule has 1 aliphatic rings. The summed E-state index contributed by atoms with van der Waals surface area (Å²) in [4.78, 5) is 0. The van der Waals surface area contributed by atoms with Gasteiger partial charge in [-0.05, 0) is 59.9 Å². The van der Waals surface area contributed by atoms with E-state index in [0.29, 0.717) is 6.61 Å². The second-order valence-corrected chi connectivity index (χ2v) is 5.56. The van der Waals surface area contributed by atoms with Gasteiger partial charge in [0, 0.05) is 6.61 Å². The van der Waals surface area contributed by atoms with Crippen molar-refractivity contribution in [2.24, 2.45) is 0 Å². The first-order valence-electron chi connectivity index (χ1n) is 7.03. The Morgan fingerprint density at radius 3 is 2.89 bits per heavy atom. The van der Waals surface area contributed by atoms with Crippen molar-refractivity contribution >= 4 is 15.9 Å². The van der Waals surface area contributed by atoms with Crippen molar-refractivity contribution in [3.05, 3.63) is 28.2 Å². The molecule has 2 rings (SSSR count). The number of hydrogen-bond donors (Lipinski definition) is 1. The Morgan fingerprint density at radius 1 is 1.47 bits per heavy atom. The third-order valence-electron chi connectivity index (χ3n) is 3.38. The van der Waals surface area contributed by atoms with E-state index in [-0.39, 0.29) is 12.1 Å². The molecule has 0 spiro atoms. The van der Waals surface area contributed by atoms with E-state index in [4.69, 9.17) is 9.47 Å².